The first-order chi connectivity index (χ1) is 7.54. The highest BCUT2D eigenvalue weighted by Gasteiger charge is 2.43. The zero-order valence-corrected chi connectivity index (χ0v) is 12.3. The largest absolute Gasteiger partial charge is 0.345 e. The maximum Gasteiger partial charge on any atom is 0.251 e. The van der Waals surface area contributed by atoms with E-state index in [4.69, 9.17) is 11.6 Å². The summed E-state index contributed by atoms with van der Waals surface area (Å²) in [6.45, 7) is 0. The zero-order valence-electron chi connectivity index (χ0n) is 8.40. The molecule has 0 unspecified atom stereocenters. The number of hydrogen-bond donors (Lipinski definition) is 1. The van der Waals surface area contributed by atoms with Crippen LogP contribution in [0.3, 0.4) is 0 Å². The topological polar surface area (TPSA) is 29.1 Å². The van der Waals surface area contributed by atoms with Gasteiger partial charge in [0.1, 0.15) is 0 Å². The van der Waals surface area contributed by atoms with Crippen molar-refractivity contribution in [2.24, 2.45) is 0 Å². The lowest BCUT2D eigenvalue weighted by Crippen LogP contribution is -2.38. The first-order valence-electron chi connectivity index (χ1n) is 4.89. The maximum atomic E-state index is 12.0. The van der Waals surface area contributed by atoms with Crippen LogP contribution in [0, 0.1) is 0 Å². The molecule has 0 atom stereocenters. The van der Waals surface area contributed by atoms with E-state index < -0.39 is 0 Å². The molecule has 16 heavy (non-hydrogen) atoms. The highest BCUT2D eigenvalue weighted by Crippen LogP contribution is 2.36. The van der Waals surface area contributed by atoms with Crippen molar-refractivity contribution in [2.75, 3.05) is 5.88 Å². The second kappa shape index (κ2) is 4.67. The van der Waals surface area contributed by atoms with Crippen molar-refractivity contribution in [2.45, 2.75) is 18.4 Å². The van der Waals surface area contributed by atoms with E-state index in [-0.39, 0.29) is 11.4 Å². The first-order valence-corrected chi connectivity index (χ1v) is 7.01. The number of amides is 1. The van der Waals surface area contributed by atoms with Crippen LogP contribution in [0.25, 0.3) is 0 Å². The molecule has 1 aliphatic rings. The average Bonchev–Trinajstić information content (AvgIpc) is 2.97. The molecule has 2 rings (SSSR count). The van der Waals surface area contributed by atoms with Gasteiger partial charge >= 0.3 is 0 Å². The lowest BCUT2D eigenvalue weighted by molar-refractivity contribution is 0.0936. The van der Waals surface area contributed by atoms with E-state index in [0.29, 0.717) is 11.4 Å². The summed E-state index contributed by atoms with van der Waals surface area (Å²) in [5.74, 6) is 0.411. The molecule has 0 aliphatic heterocycles. The molecule has 1 amide bonds. The van der Waals surface area contributed by atoms with Crippen molar-refractivity contribution in [3.8, 4) is 0 Å². The van der Waals surface area contributed by atoms with Gasteiger partial charge in [-0.25, -0.2) is 0 Å². The summed E-state index contributed by atoms with van der Waals surface area (Å²) in [5.41, 5.74) is 0.477. The van der Waals surface area contributed by atoms with Gasteiger partial charge in [0.05, 0.1) is 5.54 Å². The van der Waals surface area contributed by atoms with Crippen LogP contribution in [0.2, 0.25) is 0 Å². The summed E-state index contributed by atoms with van der Waals surface area (Å²) in [6.07, 6.45) is 1.94. The molecular weight excluding hydrogens is 357 g/mol. The van der Waals surface area contributed by atoms with Gasteiger partial charge in [-0.1, -0.05) is 31.9 Å². The van der Waals surface area contributed by atoms with Gasteiger partial charge in [-0.2, -0.15) is 0 Å². The molecule has 2 nitrogen and oxygen atoms in total. The number of carbonyl (C=O) groups is 1. The monoisotopic (exact) mass is 365 g/mol. The van der Waals surface area contributed by atoms with E-state index >= 15 is 0 Å². The lowest BCUT2D eigenvalue weighted by atomic mass is 10.2. The van der Waals surface area contributed by atoms with Gasteiger partial charge in [0.15, 0.2) is 0 Å². The number of rotatable bonds is 3. The molecule has 5 heteroatoms. The summed E-state index contributed by atoms with van der Waals surface area (Å²) in [4.78, 5) is 12.0. The predicted molar refractivity (Wildman–Crippen MR) is 72.0 cm³/mol. The SMILES string of the molecule is O=C(NC1(CCl)CC1)c1cc(Br)cc(Br)c1. The van der Waals surface area contributed by atoms with Crippen LogP contribution in [-0.4, -0.2) is 17.3 Å². The summed E-state index contributed by atoms with van der Waals surface area (Å²) in [5, 5.41) is 2.98. The number of hydrogen-bond acceptors (Lipinski definition) is 1. The molecule has 0 aromatic heterocycles. The summed E-state index contributed by atoms with van der Waals surface area (Å²) >= 11 is 12.5. The predicted octanol–water partition coefficient (Wildman–Crippen LogP) is 3.71. The zero-order chi connectivity index (χ0) is 11.8. The molecule has 0 bridgehead atoms. The van der Waals surface area contributed by atoms with Gasteiger partial charge in [0.25, 0.3) is 5.91 Å². The Morgan fingerprint density at radius 1 is 1.31 bits per heavy atom. The fraction of sp³-hybridized carbons (Fsp3) is 0.364. The van der Waals surface area contributed by atoms with Gasteiger partial charge < -0.3 is 5.32 Å². The Hall–Kier alpha value is -0.0600. The second-order valence-electron chi connectivity index (χ2n) is 4.03. The third-order valence-corrected chi connectivity index (χ3v) is 4.04. The first kappa shape index (κ1) is 12.4. The normalized spacial score (nSPS) is 16.9. The van der Waals surface area contributed by atoms with Crippen LogP contribution in [-0.2, 0) is 0 Å². The molecule has 86 valence electrons. The molecule has 1 aromatic carbocycles. The van der Waals surface area contributed by atoms with E-state index in [2.05, 4.69) is 37.2 Å². The van der Waals surface area contributed by atoms with Crippen LogP contribution < -0.4 is 5.32 Å². The number of benzene rings is 1. The quantitative estimate of drug-likeness (QED) is 0.811. The maximum absolute atomic E-state index is 12.0. The van der Waals surface area contributed by atoms with Gasteiger partial charge in [-0.15, -0.1) is 11.6 Å². The Morgan fingerprint density at radius 2 is 1.88 bits per heavy atom. The third kappa shape index (κ3) is 2.79. The van der Waals surface area contributed by atoms with Crippen molar-refractivity contribution in [1.82, 2.24) is 5.32 Å². The third-order valence-electron chi connectivity index (χ3n) is 2.61. The molecule has 0 saturated heterocycles. The fourth-order valence-electron chi connectivity index (χ4n) is 1.44. The van der Waals surface area contributed by atoms with Crippen molar-refractivity contribution in [3.63, 3.8) is 0 Å². The van der Waals surface area contributed by atoms with E-state index in [9.17, 15) is 4.79 Å². The minimum atomic E-state index is -0.159. The molecule has 0 heterocycles. The van der Waals surface area contributed by atoms with Crippen LogP contribution in [0.15, 0.2) is 27.1 Å². The minimum absolute atomic E-state index is 0.0693. The standard InChI is InChI=1S/C11H10Br2ClNO/c12-8-3-7(4-9(13)5-8)10(16)15-11(6-14)1-2-11/h3-5H,1-2,6H2,(H,15,16). The number of nitrogens with one attached hydrogen (secondary N) is 1. The Bertz CT molecular complexity index is 412. The highest BCUT2D eigenvalue weighted by molar-refractivity contribution is 9.11. The average molecular weight is 367 g/mol. The van der Waals surface area contributed by atoms with Crippen LogP contribution in [0.1, 0.15) is 23.2 Å². The lowest BCUT2D eigenvalue weighted by Gasteiger charge is -2.14. The van der Waals surface area contributed by atoms with E-state index in [1.807, 2.05) is 6.07 Å². The van der Waals surface area contributed by atoms with Crippen molar-refractivity contribution >= 4 is 49.4 Å². The Labute approximate surface area is 116 Å². The summed E-state index contributed by atoms with van der Waals surface area (Å²) in [7, 11) is 0. The Balaban J connectivity index is 2.14. The highest BCUT2D eigenvalue weighted by atomic mass is 79.9. The van der Waals surface area contributed by atoms with E-state index in [1.54, 1.807) is 12.1 Å². The Morgan fingerprint density at radius 3 is 2.31 bits per heavy atom. The molecule has 1 N–H and O–H groups in total. The molecule has 1 aromatic rings. The second-order valence-corrected chi connectivity index (χ2v) is 6.12. The van der Waals surface area contributed by atoms with Crippen LogP contribution in [0.5, 0.6) is 0 Å². The van der Waals surface area contributed by atoms with Crippen molar-refractivity contribution < 1.29 is 4.79 Å². The van der Waals surface area contributed by atoms with Gasteiger partial charge in [-0.3, -0.25) is 4.79 Å². The molecule has 0 radical (unpaired) electrons. The van der Waals surface area contributed by atoms with Crippen molar-refractivity contribution in [1.29, 1.82) is 0 Å². The molecule has 1 fully saturated rings. The Kier molecular flexibility index (Phi) is 3.62. The number of alkyl halides is 1. The van der Waals surface area contributed by atoms with E-state index in [1.165, 1.54) is 0 Å². The van der Waals surface area contributed by atoms with Gasteiger partial charge in [-0.05, 0) is 31.0 Å². The summed E-state index contributed by atoms with van der Waals surface area (Å²) in [6, 6.07) is 5.49. The summed E-state index contributed by atoms with van der Waals surface area (Å²) < 4.78 is 1.76. The van der Waals surface area contributed by atoms with Crippen LogP contribution in [0.4, 0.5) is 0 Å². The number of halogens is 3. The molecule has 1 aliphatic carbocycles. The molecule has 1 saturated carbocycles. The smallest absolute Gasteiger partial charge is 0.251 e. The van der Waals surface area contributed by atoms with E-state index in [0.717, 1.165) is 21.8 Å². The molecule has 0 spiro atoms. The van der Waals surface area contributed by atoms with Gasteiger partial charge in [0, 0.05) is 20.4 Å². The number of carbonyl (C=O) groups excluding carboxylic acids is 1. The van der Waals surface area contributed by atoms with Crippen LogP contribution >= 0.6 is 43.5 Å². The molecular formula is C11H10Br2ClNO. The fourth-order valence-corrected chi connectivity index (χ4v) is 3.07. The van der Waals surface area contributed by atoms with Gasteiger partial charge in [0.2, 0.25) is 0 Å². The minimum Gasteiger partial charge on any atom is -0.345 e. The van der Waals surface area contributed by atoms with Crippen molar-refractivity contribution in [3.05, 3.63) is 32.7 Å².